The first-order valence-corrected chi connectivity index (χ1v) is 13.7. The summed E-state index contributed by atoms with van der Waals surface area (Å²) in [6, 6.07) is 9.89. The summed E-state index contributed by atoms with van der Waals surface area (Å²) in [5.74, 6) is -2.69. The molecule has 1 saturated heterocycles. The minimum absolute atomic E-state index is 0.00767. The van der Waals surface area contributed by atoms with Crippen molar-refractivity contribution in [2.75, 3.05) is 50.6 Å². The number of nitrogens with zero attached hydrogens (tertiary/aromatic N) is 6. The third-order valence-electron chi connectivity index (χ3n) is 7.09. The summed E-state index contributed by atoms with van der Waals surface area (Å²) >= 11 is 0. The number of nitrogens with one attached hydrogen (secondary N) is 2. The Balaban J connectivity index is 1.55. The van der Waals surface area contributed by atoms with Crippen molar-refractivity contribution in [3.05, 3.63) is 84.2 Å². The topological polar surface area (TPSA) is 127 Å². The largest absolute Gasteiger partial charge is 0.454 e. The van der Waals surface area contributed by atoms with Crippen molar-refractivity contribution < 1.29 is 36.6 Å². The summed E-state index contributed by atoms with van der Waals surface area (Å²) < 4.78 is 71.3. The highest BCUT2D eigenvalue weighted by Gasteiger charge is 2.42. The van der Waals surface area contributed by atoms with E-state index in [0.717, 1.165) is 12.1 Å². The highest BCUT2D eigenvalue weighted by Crippen LogP contribution is 2.48. The number of piperazine rings is 1. The number of rotatable bonds is 8. The van der Waals surface area contributed by atoms with E-state index in [9.17, 15) is 27.2 Å². The molecule has 2 aromatic heterocycles. The minimum Gasteiger partial charge on any atom is -0.454 e. The Kier molecular flexibility index (Phi) is 9.13. The summed E-state index contributed by atoms with van der Waals surface area (Å²) in [7, 11) is 3.15. The molecule has 0 bridgehead atoms. The summed E-state index contributed by atoms with van der Waals surface area (Å²) in [4.78, 5) is 28.3. The standard InChI is InChI=1S/C29H28F4N8O4/c1-34-28(43)44-17-19-16-40(14-13-39(19)2)26-21(37-27(42)22-10-12-41(38-22)18-9-11-35-36-15-18)7-8-24(25(26)29(31,32)33)45-23-6-4-3-5-20(23)30/h3-12,15,19H,13-14,16-17H2,1-2H3,(H,34,43)(H,37,42)/t19-/m1/s1. The van der Waals surface area contributed by atoms with Gasteiger partial charge in [-0.2, -0.15) is 28.5 Å². The molecule has 1 aliphatic rings. The van der Waals surface area contributed by atoms with E-state index in [0.29, 0.717) is 12.2 Å². The van der Waals surface area contributed by atoms with Crippen molar-refractivity contribution in [2.24, 2.45) is 0 Å². The summed E-state index contributed by atoms with van der Waals surface area (Å²) in [6.07, 6.45) is -1.32. The molecular weight excluding hydrogens is 600 g/mol. The second-order valence-corrected chi connectivity index (χ2v) is 9.99. The van der Waals surface area contributed by atoms with Gasteiger partial charge in [-0.15, -0.1) is 0 Å². The molecule has 0 saturated carbocycles. The highest BCUT2D eigenvalue weighted by atomic mass is 19.4. The van der Waals surface area contributed by atoms with E-state index < -0.39 is 47.1 Å². The smallest absolute Gasteiger partial charge is 0.422 e. The molecule has 2 N–H and O–H groups in total. The lowest BCUT2D eigenvalue weighted by Gasteiger charge is -2.41. The van der Waals surface area contributed by atoms with E-state index in [1.165, 1.54) is 65.6 Å². The van der Waals surface area contributed by atoms with Crippen molar-refractivity contribution in [1.82, 2.24) is 30.2 Å². The van der Waals surface area contributed by atoms with Crippen molar-refractivity contribution in [3.8, 4) is 17.2 Å². The second kappa shape index (κ2) is 13.2. The molecule has 16 heteroatoms. The number of para-hydroxylation sites is 1. The monoisotopic (exact) mass is 628 g/mol. The number of anilines is 2. The van der Waals surface area contributed by atoms with Crippen molar-refractivity contribution in [3.63, 3.8) is 0 Å². The fourth-order valence-electron chi connectivity index (χ4n) is 4.77. The van der Waals surface area contributed by atoms with Crippen molar-refractivity contribution >= 4 is 23.4 Å². The van der Waals surface area contributed by atoms with Crippen LogP contribution in [0.1, 0.15) is 16.1 Å². The van der Waals surface area contributed by atoms with Crippen LogP contribution in [0, 0.1) is 5.82 Å². The molecule has 0 spiro atoms. The normalized spacial score (nSPS) is 15.4. The number of benzene rings is 2. The van der Waals surface area contributed by atoms with Crippen LogP contribution in [0.5, 0.6) is 11.5 Å². The number of likely N-dealkylation sites (N-methyl/N-ethyl adjacent to an activating group) is 1. The van der Waals surface area contributed by atoms with Gasteiger partial charge in [0, 0.05) is 32.9 Å². The molecule has 1 fully saturated rings. The predicted molar refractivity (Wildman–Crippen MR) is 154 cm³/mol. The first kappa shape index (κ1) is 31.2. The molecule has 1 aliphatic heterocycles. The first-order valence-electron chi connectivity index (χ1n) is 13.7. The molecule has 4 aromatic rings. The van der Waals surface area contributed by atoms with Gasteiger partial charge in [0.25, 0.3) is 5.91 Å². The molecule has 2 aromatic carbocycles. The van der Waals surface area contributed by atoms with Gasteiger partial charge in [-0.25, -0.2) is 13.9 Å². The van der Waals surface area contributed by atoms with Gasteiger partial charge in [0.1, 0.15) is 17.9 Å². The minimum atomic E-state index is -5.00. The summed E-state index contributed by atoms with van der Waals surface area (Å²) in [5, 5.41) is 16.6. The van der Waals surface area contributed by atoms with Gasteiger partial charge in [0.2, 0.25) is 0 Å². The van der Waals surface area contributed by atoms with Gasteiger partial charge >= 0.3 is 12.3 Å². The van der Waals surface area contributed by atoms with Gasteiger partial charge in [-0.05, 0) is 43.4 Å². The first-order chi connectivity index (χ1) is 21.5. The van der Waals surface area contributed by atoms with Gasteiger partial charge in [-0.1, -0.05) is 12.1 Å². The molecule has 12 nitrogen and oxygen atoms in total. The molecule has 0 aliphatic carbocycles. The van der Waals surface area contributed by atoms with Crippen LogP contribution in [-0.2, 0) is 10.9 Å². The number of carbonyl (C=O) groups is 2. The van der Waals surface area contributed by atoms with Crippen LogP contribution >= 0.6 is 0 Å². The third kappa shape index (κ3) is 7.12. The number of hydrogen-bond donors (Lipinski definition) is 2. The zero-order chi connectivity index (χ0) is 32.1. The van der Waals surface area contributed by atoms with Gasteiger partial charge in [-0.3, -0.25) is 9.69 Å². The maximum atomic E-state index is 14.9. The molecule has 0 radical (unpaired) electrons. The van der Waals surface area contributed by atoms with Crippen LogP contribution in [-0.4, -0.2) is 83.3 Å². The molecule has 2 amide bonds. The van der Waals surface area contributed by atoms with Crippen LogP contribution in [0.25, 0.3) is 5.69 Å². The van der Waals surface area contributed by atoms with E-state index in [1.54, 1.807) is 13.1 Å². The maximum Gasteiger partial charge on any atom is 0.422 e. The Morgan fingerprint density at radius 3 is 2.56 bits per heavy atom. The number of amides is 2. The van der Waals surface area contributed by atoms with Crippen LogP contribution < -0.4 is 20.3 Å². The average Bonchev–Trinajstić information content (AvgIpc) is 3.53. The quantitative estimate of drug-likeness (QED) is 0.274. The van der Waals surface area contributed by atoms with E-state index in [2.05, 4.69) is 25.9 Å². The zero-order valence-electron chi connectivity index (χ0n) is 24.1. The highest BCUT2D eigenvalue weighted by molar-refractivity contribution is 6.05. The lowest BCUT2D eigenvalue weighted by molar-refractivity contribution is -0.138. The Morgan fingerprint density at radius 1 is 1.04 bits per heavy atom. The van der Waals surface area contributed by atoms with Gasteiger partial charge in [0.05, 0.1) is 35.5 Å². The molecular formula is C29H28F4N8O4. The number of aromatic nitrogens is 4. The Labute approximate surface area is 254 Å². The molecule has 5 rings (SSSR count). The zero-order valence-corrected chi connectivity index (χ0v) is 24.1. The molecule has 45 heavy (non-hydrogen) atoms. The van der Waals surface area contributed by atoms with Crippen LogP contribution in [0.2, 0.25) is 0 Å². The molecule has 0 unspecified atom stereocenters. The Bertz CT molecular complexity index is 1670. The number of hydrogen-bond acceptors (Lipinski definition) is 9. The average molecular weight is 629 g/mol. The van der Waals surface area contributed by atoms with Crippen molar-refractivity contribution in [2.45, 2.75) is 12.2 Å². The number of ether oxygens (including phenoxy) is 2. The van der Waals surface area contributed by atoms with E-state index in [-0.39, 0.29) is 36.8 Å². The van der Waals surface area contributed by atoms with Crippen LogP contribution in [0.4, 0.5) is 33.7 Å². The summed E-state index contributed by atoms with van der Waals surface area (Å²) in [5.41, 5.74) is -1.34. The SMILES string of the molecule is CNC(=O)OC[C@H]1CN(c2c(NC(=O)c3ccn(-c4ccnnc4)n3)ccc(Oc3ccccc3F)c2C(F)(F)F)CCN1C. The van der Waals surface area contributed by atoms with E-state index in [1.807, 2.05) is 4.90 Å². The number of alkyl halides is 3. The van der Waals surface area contributed by atoms with Gasteiger partial charge < -0.3 is 25.0 Å². The number of carbonyl (C=O) groups excluding carboxylic acids is 2. The van der Waals surface area contributed by atoms with E-state index in [4.69, 9.17) is 9.47 Å². The Hall–Kier alpha value is -5.25. The predicted octanol–water partition coefficient (Wildman–Crippen LogP) is 4.34. The van der Waals surface area contributed by atoms with Gasteiger partial charge in [0.15, 0.2) is 17.3 Å². The molecule has 3 heterocycles. The maximum absolute atomic E-state index is 14.9. The second-order valence-electron chi connectivity index (χ2n) is 9.99. The van der Waals surface area contributed by atoms with Crippen LogP contribution in [0.15, 0.2) is 67.1 Å². The molecule has 236 valence electrons. The Morgan fingerprint density at radius 2 is 1.84 bits per heavy atom. The molecule has 1 atom stereocenters. The number of halogens is 4. The third-order valence-corrected chi connectivity index (χ3v) is 7.09. The van der Waals surface area contributed by atoms with Crippen LogP contribution in [0.3, 0.4) is 0 Å². The lowest BCUT2D eigenvalue weighted by atomic mass is 10.0. The lowest BCUT2D eigenvalue weighted by Crippen LogP contribution is -2.54. The fourth-order valence-corrected chi connectivity index (χ4v) is 4.77. The van der Waals surface area contributed by atoms with E-state index >= 15 is 0 Å². The van der Waals surface area contributed by atoms with Crippen molar-refractivity contribution in [1.29, 1.82) is 0 Å². The number of alkyl carbamates (subject to hydrolysis) is 1. The summed E-state index contributed by atoms with van der Waals surface area (Å²) in [6.45, 7) is 0.301. The fraction of sp³-hybridized carbons (Fsp3) is 0.276.